The van der Waals surface area contributed by atoms with E-state index in [0.717, 1.165) is 30.0 Å². The number of nitrogens with two attached hydrogens (primary N) is 1. The van der Waals surface area contributed by atoms with Crippen molar-refractivity contribution < 1.29 is 4.52 Å². The fraction of sp³-hybridized carbons (Fsp3) is 0.333. The van der Waals surface area contributed by atoms with E-state index >= 15 is 0 Å². The molecule has 0 aliphatic rings. The minimum Gasteiger partial charge on any atom is -0.370 e. The number of aryl methyl sites for hydroxylation is 2. The van der Waals surface area contributed by atoms with Gasteiger partial charge in [0.15, 0.2) is 5.96 Å². The first-order valence-corrected chi connectivity index (χ1v) is 6.70. The van der Waals surface area contributed by atoms with Gasteiger partial charge in [-0.2, -0.15) is 0 Å². The monoisotopic (exact) mass is 400 g/mol. The highest BCUT2D eigenvalue weighted by Gasteiger charge is 2.07. The number of benzene rings is 1. The second-order valence-electron chi connectivity index (χ2n) is 4.66. The third-order valence-electron chi connectivity index (χ3n) is 3.09. The fourth-order valence-electron chi connectivity index (χ4n) is 2.02. The number of nitrogens with one attached hydrogen (secondary N) is 1. The molecule has 2 aromatic rings. The van der Waals surface area contributed by atoms with Gasteiger partial charge in [0.05, 0.1) is 5.69 Å². The lowest BCUT2D eigenvalue weighted by Crippen LogP contribution is -2.22. The largest absolute Gasteiger partial charge is 0.370 e. The van der Waals surface area contributed by atoms with Crippen LogP contribution >= 0.6 is 24.0 Å². The Labute approximate surface area is 142 Å². The molecular formula is C15H21IN4O. The summed E-state index contributed by atoms with van der Waals surface area (Å²) in [4.78, 5) is 4.31. The molecule has 1 aromatic heterocycles. The van der Waals surface area contributed by atoms with Crippen LogP contribution in [0.2, 0.25) is 0 Å². The zero-order valence-corrected chi connectivity index (χ0v) is 14.6. The molecule has 0 bridgehead atoms. The van der Waals surface area contributed by atoms with Crippen molar-refractivity contribution >= 4 is 35.6 Å². The third kappa shape index (κ3) is 5.37. The number of hydrogen-bond acceptors (Lipinski definition) is 3. The summed E-state index contributed by atoms with van der Waals surface area (Å²) >= 11 is 0. The molecule has 0 spiro atoms. The highest BCUT2D eigenvalue weighted by atomic mass is 127. The lowest BCUT2D eigenvalue weighted by Gasteiger charge is -2.05. The van der Waals surface area contributed by atoms with E-state index in [1.165, 1.54) is 5.56 Å². The van der Waals surface area contributed by atoms with Gasteiger partial charge < -0.3 is 15.6 Å². The van der Waals surface area contributed by atoms with Crippen molar-refractivity contribution in [2.75, 3.05) is 11.9 Å². The van der Waals surface area contributed by atoms with Gasteiger partial charge in [-0.05, 0) is 38.8 Å². The van der Waals surface area contributed by atoms with Crippen molar-refractivity contribution in [3.05, 3.63) is 47.3 Å². The zero-order chi connectivity index (χ0) is 14.4. The Hall–Kier alpha value is -1.57. The highest BCUT2D eigenvalue weighted by molar-refractivity contribution is 14.0. The van der Waals surface area contributed by atoms with E-state index in [1.807, 2.05) is 44.2 Å². The Kier molecular flexibility index (Phi) is 7.21. The molecule has 0 aliphatic heterocycles. The highest BCUT2D eigenvalue weighted by Crippen LogP contribution is 2.14. The number of hydrogen-bond donors (Lipinski definition) is 2. The summed E-state index contributed by atoms with van der Waals surface area (Å²) in [5.74, 6) is 1.33. The molecule has 0 aliphatic carbocycles. The molecule has 1 aromatic carbocycles. The van der Waals surface area contributed by atoms with Crippen LogP contribution in [-0.4, -0.2) is 17.7 Å². The van der Waals surface area contributed by atoms with Crippen molar-refractivity contribution in [3.8, 4) is 0 Å². The number of guanidine groups is 1. The Morgan fingerprint density at radius 1 is 1.29 bits per heavy atom. The summed E-state index contributed by atoms with van der Waals surface area (Å²) in [7, 11) is 0. The van der Waals surface area contributed by atoms with Crippen LogP contribution in [0.5, 0.6) is 0 Å². The molecule has 0 unspecified atom stereocenters. The van der Waals surface area contributed by atoms with E-state index in [9.17, 15) is 0 Å². The molecule has 2 rings (SSSR count). The lowest BCUT2D eigenvalue weighted by molar-refractivity contribution is 0.392. The predicted octanol–water partition coefficient (Wildman–Crippen LogP) is 3.27. The van der Waals surface area contributed by atoms with E-state index in [-0.39, 0.29) is 24.0 Å². The Morgan fingerprint density at radius 2 is 2.00 bits per heavy atom. The minimum absolute atomic E-state index is 0. The molecular weight excluding hydrogens is 379 g/mol. The number of aromatic nitrogens is 1. The maximum absolute atomic E-state index is 5.83. The first-order chi connectivity index (χ1) is 9.66. The molecule has 114 valence electrons. The Balaban J connectivity index is 0.00000220. The second-order valence-corrected chi connectivity index (χ2v) is 4.66. The van der Waals surface area contributed by atoms with Crippen LogP contribution < -0.4 is 11.1 Å². The molecule has 0 saturated heterocycles. The van der Waals surface area contributed by atoms with Crippen molar-refractivity contribution in [2.45, 2.75) is 26.7 Å². The summed E-state index contributed by atoms with van der Waals surface area (Å²) in [5, 5.41) is 6.99. The first-order valence-electron chi connectivity index (χ1n) is 6.70. The van der Waals surface area contributed by atoms with Gasteiger partial charge in [0.1, 0.15) is 5.76 Å². The van der Waals surface area contributed by atoms with Gasteiger partial charge in [0, 0.05) is 17.8 Å². The van der Waals surface area contributed by atoms with Crippen LogP contribution in [0.4, 0.5) is 5.69 Å². The van der Waals surface area contributed by atoms with E-state index in [0.29, 0.717) is 12.5 Å². The number of halogens is 1. The molecule has 0 fully saturated rings. The first kappa shape index (κ1) is 17.5. The molecule has 6 heteroatoms. The average Bonchev–Trinajstić information content (AvgIpc) is 2.76. The van der Waals surface area contributed by atoms with Crippen molar-refractivity contribution in [2.24, 2.45) is 10.7 Å². The maximum atomic E-state index is 5.83. The number of para-hydroxylation sites is 1. The summed E-state index contributed by atoms with van der Waals surface area (Å²) < 4.78 is 5.13. The van der Waals surface area contributed by atoms with Gasteiger partial charge >= 0.3 is 0 Å². The summed E-state index contributed by atoms with van der Waals surface area (Å²) in [6, 6.07) is 9.76. The van der Waals surface area contributed by atoms with Gasteiger partial charge in [-0.1, -0.05) is 23.4 Å². The molecule has 0 radical (unpaired) electrons. The molecule has 0 amide bonds. The molecule has 21 heavy (non-hydrogen) atoms. The number of anilines is 1. The number of nitrogens with zero attached hydrogens (tertiary/aromatic N) is 2. The summed E-state index contributed by atoms with van der Waals surface area (Å²) in [6.07, 6.45) is 1.82. The van der Waals surface area contributed by atoms with Crippen molar-refractivity contribution in [1.82, 2.24) is 5.16 Å². The van der Waals surface area contributed by atoms with Gasteiger partial charge in [-0.25, -0.2) is 0 Å². The standard InChI is InChI=1S/C15H20N4O.HI/c1-11-14(12(2)20-19-11)9-6-10-17-15(16)18-13-7-4-3-5-8-13;/h3-5,7-8H,6,9-10H2,1-2H3,(H3,16,17,18);1H. The van der Waals surface area contributed by atoms with E-state index in [2.05, 4.69) is 15.5 Å². The van der Waals surface area contributed by atoms with Crippen LogP contribution in [0.15, 0.2) is 39.8 Å². The SMILES string of the molecule is Cc1noc(C)c1CCCN=C(N)Nc1ccccc1.I. The van der Waals surface area contributed by atoms with Crippen LogP contribution in [-0.2, 0) is 6.42 Å². The van der Waals surface area contributed by atoms with Gasteiger partial charge in [-0.3, -0.25) is 4.99 Å². The molecule has 3 N–H and O–H groups in total. The van der Waals surface area contributed by atoms with Gasteiger partial charge in [0.25, 0.3) is 0 Å². The fourth-order valence-corrected chi connectivity index (χ4v) is 2.02. The van der Waals surface area contributed by atoms with E-state index in [1.54, 1.807) is 0 Å². The summed E-state index contributed by atoms with van der Waals surface area (Å²) in [5.41, 5.74) is 8.91. The molecule has 0 atom stereocenters. The van der Waals surface area contributed by atoms with Gasteiger partial charge in [-0.15, -0.1) is 24.0 Å². The number of aliphatic imine (C=N–C) groups is 1. The van der Waals surface area contributed by atoms with Crippen molar-refractivity contribution in [3.63, 3.8) is 0 Å². The Bertz CT molecular complexity index is 561. The normalized spacial score (nSPS) is 11.0. The smallest absolute Gasteiger partial charge is 0.193 e. The van der Waals surface area contributed by atoms with Gasteiger partial charge in [0.2, 0.25) is 0 Å². The number of rotatable bonds is 5. The second kappa shape index (κ2) is 8.66. The quantitative estimate of drug-likeness (QED) is 0.350. The minimum atomic E-state index is 0. The molecule has 0 saturated carbocycles. The van der Waals surface area contributed by atoms with Crippen LogP contribution in [0.3, 0.4) is 0 Å². The lowest BCUT2D eigenvalue weighted by atomic mass is 10.1. The molecule has 1 heterocycles. The maximum Gasteiger partial charge on any atom is 0.193 e. The van der Waals surface area contributed by atoms with E-state index in [4.69, 9.17) is 10.3 Å². The van der Waals surface area contributed by atoms with Crippen LogP contribution in [0, 0.1) is 13.8 Å². The van der Waals surface area contributed by atoms with Crippen molar-refractivity contribution in [1.29, 1.82) is 0 Å². The van der Waals surface area contributed by atoms with E-state index < -0.39 is 0 Å². The Morgan fingerprint density at radius 3 is 2.62 bits per heavy atom. The average molecular weight is 400 g/mol. The third-order valence-corrected chi connectivity index (χ3v) is 3.09. The molecule has 5 nitrogen and oxygen atoms in total. The van der Waals surface area contributed by atoms with Crippen LogP contribution in [0.25, 0.3) is 0 Å². The van der Waals surface area contributed by atoms with Crippen LogP contribution in [0.1, 0.15) is 23.4 Å². The topological polar surface area (TPSA) is 76.4 Å². The predicted molar refractivity (Wildman–Crippen MR) is 96.3 cm³/mol. The zero-order valence-electron chi connectivity index (χ0n) is 12.3. The summed E-state index contributed by atoms with van der Waals surface area (Å²) in [6.45, 7) is 4.57.